The first-order chi connectivity index (χ1) is 14.9. The van der Waals surface area contributed by atoms with Gasteiger partial charge in [-0.15, -0.1) is 0 Å². The van der Waals surface area contributed by atoms with Crippen LogP contribution >= 0.6 is 11.6 Å². The number of carbonyl (C=O) groups is 1. The van der Waals surface area contributed by atoms with Crippen molar-refractivity contribution in [2.45, 2.75) is 30.6 Å². The van der Waals surface area contributed by atoms with Gasteiger partial charge in [0.25, 0.3) is 5.91 Å². The lowest BCUT2D eigenvalue weighted by Crippen LogP contribution is -2.32. The Hall–Kier alpha value is -2.29. The summed E-state index contributed by atoms with van der Waals surface area (Å²) in [5, 5.41) is 0.595. The number of sulfonamides is 1. The first kappa shape index (κ1) is 23.4. The van der Waals surface area contributed by atoms with Gasteiger partial charge in [0.1, 0.15) is 18.1 Å². The van der Waals surface area contributed by atoms with E-state index >= 15 is 0 Å². The summed E-state index contributed by atoms with van der Waals surface area (Å²) in [4.78, 5) is 14.8. The van der Waals surface area contributed by atoms with Crippen LogP contribution in [0.3, 0.4) is 0 Å². The number of nitrogens with one attached hydrogen (secondary N) is 1. The highest BCUT2D eigenvalue weighted by molar-refractivity contribution is 7.89. The molecule has 0 bridgehead atoms. The van der Waals surface area contributed by atoms with Crippen LogP contribution in [0.2, 0.25) is 5.02 Å². The minimum absolute atomic E-state index is 0.0120. The van der Waals surface area contributed by atoms with Gasteiger partial charge in [0.15, 0.2) is 0 Å². The Labute approximate surface area is 188 Å². The van der Waals surface area contributed by atoms with Gasteiger partial charge in [-0.05, 0) is 55.3 Å². The molecule has 0 aliphatic carbocycles. The van der Waals surface area contributed by atoms with Crippen molar-refractivity contribution in [3.8, 4) is 11.5 Å². The molecule has 1 amide bonds. The lowest BCUT2D eigenvalue weighted by Gasteiger charge is -2.22. The standard InChI is InChI=1S/C22H27ClN2O5S/c1-29-21-11-10-19(16-20(21)22(26)25-13-4-2-3-5-14-25)31(27,28)24-12-15-30-18-8-6-17(23)7-9-18/h6-11,16,24H,2-5,12-15H2,1H3. The van der Waals surface area contributed by atoms with Crippen LogP contribution in [0.15, 0.2) is 47.4 Å². The van der Waals surface area contributed by atoms with Gasteiger partial charge in [0.2, 0.25) is 10.0 Å². The van der Waals surface area contributed by atoms with E-state index in [2.05, 4.69) is 4.72 Å². The number of methoxy groups -OCH3 is 1. The highest BCUT2D eigenvalue weighted by atomic mass is 35.5. The lowest BCUT2D eigenvalue weighted by molar-refractivity contribution is 0.0758. The molecular weight excluding hydrogens is 440 g/mol. The van der Waals surface area contributed by atoms with Crippen molar-refractivity contribution in [2.24, 2.45) is 0 Å². The number of nitrogens with zero attached hydrogens (tertiary/aromatic N) is 1. The van der Waals surface area contributed by atoms with Crippen LogP contribution < -0.4 is 14.2 Å². The Bertz CT molecular complexity index is 987. The molecule has 1 fully saturated rings. The second kappa shape index (κ2) is 10.8. The van der Waals surface area contributed by atoms with Gasteiger partial charge in [-0.1, -0.05) is 24.4 Å². The monoisotopic (exact) mass is 466 g/mol. The molecule has 9 heteroatoms. The zero-order chi connectivity index (χ0) is 22.3. The van der Waals surface area contributed by atoms with Crippen molar-refractivity contribution >= 4 is 27.5 Å². The summed E-state index contributed by atoms with van der Waals surface area (Å²) in [6.45, 7) is 1.56. The summed E-state index contributed by atoms with van der Waals surface area (Å²) in [6.07, 6.45) is 4.08. The number of rotatable bonds is 8. The summed E-state index contributed by atoms with van der Waals surface area (Å²) in [7, 11) is -2.35. The molecule has 1 heterocycles. The SMILES string of the molecule is COc1ccc(S(=O)(=O)NCCOc2ccc(Cl)cc2)cc1C(=O)N1CCCCCC1. The van der Waals surface area contributed by atoms with E-state index in [4.69, 9.17) is 21.1 Å². The topological polar surface area (TPSA) is 84.9 Å². The van der Waals surface area contributed by atoms with Crippen LogP contribution in [-0.4, -0.2) is 52.6 Å². The number of likely N-dealkylation sites (tertiary alicyclic amines) is 1. The average molecular weight is 467 g/mol. The fourth-order valence-electron chi connectivity index (χ4n) is 3.42. The first-order valence-corrected chi connectivity index (χ1v) is 12.1. The zero-order valence-corrected chi connectivity index (χ0v) is 19.0. The number of amides is 1. The summed E-state index contributed by atoms with van der Waals surface area (Å²) in [5.74, 6) is 0.750. The molecule has 0 unspecified atom stereocenters. The molecule has 0 atom stereocenters. The van der Waals surface area contributed by atoms with Gasteiger partial charge in [-0.25, -0.2) is 13.1 Å². The number of halogens is 1. The van der Waals surface area contributed by atoms with E-state index in [0.29, 0.717) is 29.6 Å². The van der Waals surface area contributed by atoms with Gasteiger partial charge < -0.3 is 14.4 Å². The number of carbonyl (C=O) groups excluding carboxylic acids is 1. The first-order valence-electron chi connectivity index (χ1n) is 10.3. The Kier molecular flexibility index (Phi) is 8.17. The normalized spacial score (nSPS) is 14.7. The molecule has 1 aliphatic heterocycles. The van der Waals surface area contributed by atoms with Crippen LogP contribution in [0.4, 0.5) is 0 Å². The highest BCUT2D eigenvalue weighted by Crippen LogP contribution is 2.25. The molecule has 1 aliphatic rings. The number of benzene rings is 2. The minimum atomic E-state index is -3.82. The zero-order valence-electron chi connectivity index (χ0n) is 17.5. The molecule has 0 spiro atoms. The fraction of sp³-hybridized carbons (Fsp3) is 0.409. The molecule has 1 saturated heterocycles. The van der Waals surface area contributed by atoms with Crippen molar-refractivity contribution in [1.82, 2.24) is 9.62 Å². The van der Waals surface area contributed by atoms with Gasteiger partial charge in [0, 0.05) is 24.7 Å². The maximum atomic E-state index is 13.1. The van der Waals surface area contributed by atoms with Crippen LogP contribution in [0.25, 0.3) is 0 Å². The molecule has 0 aromatic heterocycles. The van der Waals surface area contributed by atoms with Crippen LogP contribution in [-0.2, 0) is 10.0 Å². The maximum absolute atomic E-state index is 13.1. The predicted molar refractivity (Wildman–Crippen MR) is 120 cm³/mol. The maximum Gasteiger partial charge on any atom is 0.257 e. The third kappa shape index (κ3) is 6.35. The molecule has 168 valence electrons. The summed E-state index contributed by atoms with van der Waals surface area (Å²) in [5.41, 5.74) is 0.254. The van der Waals surface area contributed by atoms with Gasteiger partial charge >= 0.3 is 0 Å². The number of hydrogen-bond acceptors (Lipinski definition) is 5. The summed E-state index contributed by atoms with van der Waals surface area (Å²) in [6, 6.07) is 11.1. The van der Waals surface area contributed by atoms with E-state index in [1.54, 1.807) is 29.2 Å². The minimum Gasteiger partial charge on any atom is -0.496 e. The molecular formula is C22H27ClN2O5S. The Balaban J connectivity index is 1.68. The van der Waals surface area contributed by atoms with E-state index in [9.17, 15) is 13.2 Å². The van der Waals surface area contributed by atoms with Crippen molar-refractivity contribution in [1.29, 1.82) is 0 Å². The van der Waals surface area contributed by atoms with Crippen LogP contribution in [0, 0.1) is 0 Å². The fourth-order valence-corrected chi connectivity index (χ4v) is 4.59. The van der Waals surface area contributed by atoms with E-state index < -0.39 is 10.0 Å². The van der Waals surface area contributed by atoms with Crippen molar-refractivity contribution in [3.05, 3.63) is 53.1 Å². The van der Waals surface area contributed by atoms with Gasteiger partial charge in [-0.3, -0.25) is 4.79 Å². The molecule has 0 saturated carbocycles. The average Bonchev–Trinajstić information content (AvgIpc) is 3.06. The van der Waals surface area contributed by atoms with Crippen LogP contribution in [0.1, 0.15) is 36.0 Å². The quantitative estimate of drug-likeness (QED) is 0.599. The second-order valence-corrected chi connectivity index (χ2v) is 9.47. The molecule has 31 heavy (non-hydrogen) atoms. The Morgan fingerprint density at radius 3 is 2.39 bits per heavy atom. The van der Waals surface area contributed by atoms with E-state index in [-0.39, 0.29) is 29.5 Å². The largest absolute Gasteiger partial charge is 0.496 e. The highest BCUT2D eigenvalue weighted by Gasteiger charge is 2.24. The number of hydrogen-bond donors (Lipinski definition) is 1. The summed E-state index contributed by atoms with van der Waals surface area (Å²) < 4.78 is 38.8. The van der Waals surface area contributed by atoms with Gasteiger partial charge in [-0.2, -0.15) is 0 Å². The van der Waals surface area contributed by atoms with Crippen molar-refractivity contribution in [2.75, 3.05) is 33.4 Å². The van der Waals surface area contributed by atoms with E-state index in [1.807, 2.05) is 0 Å². The Morgan fingerprint density at radius 1 is 1.06 bits per heavy atom. The molecule has 3 rings (SSSR count). The number of ether oxygens (including phenoxy) is 2. The third-order valence-corrected chi connectivity index (χ3v) is 6.79. The molecule has 2 aromatic carbocycles. The summed E-state index contributed by atoms with van der Waals surface area (Å²) >= 11 is 5.83. The smallest absolute Gasteiger partial charge is 0.257 e. The van der Waals surface area contributed by atoms with E-state index in [1.165, 1.54) is 25.3 Å². The van der Waals surface area contributed by atoms with E-state index in [0.717, 1.165) is 25.7 Å². The molecule has 0 radical (unpaired) electrons. The predicted octanol–water partition coefficient (Wildman–Crippen LogP) is 3.72. The molecule has 2 aromatic rings. The second-order valence-electron chi connectivity index (χ2n) is 7.27. The third-order valence-electron chi connectivity index (χ3n) is 5.08. The lowest BCUT2D eigenvalue weighted by atomic mass is 10.1. The molecule has 7 nitrogen and oxygen atoms in total. The Morgan fingerprint density at radius 2 is 1.74 bits per heavy atom. The van der Waals surface area contributed by atoms with Crippen LogP contribution in [0.5, 0.6) is 11.5 Å². The van der Waals surface area contributed by atoms with Crippen molar-refractivity contribution < 1.29 is 22.7 Å². The van der Waals surface area contributed by atoms with Gasteiger partial charge in [0.05, 0.1) is 17.6 Å². The molecule has 1 N–H and O–H groups in total. The van der Waals surface area contributed by atoms with Crippen molar-refractivity contribution in [3.63, 3.8) is 0 Å².